The Hall–Kier alpha value is -2.05. The second kappa shape index (κ2) is 10.3. The molecule has 0 atom stereocenters. The Morgan fingerprint density at radius 3 is 2.43 bits per heavy atom. The highest BCUT2D eigenvalue weighted by Gasteiger charge is 2.31. The van der Waals surface area contributed by atoms with E-state index in [1.807, 2.05) is 30.4 Å². The van der Waals surface area contributed by atoms with Crippen LogP contribution in [0.5, 0.6) is 0 Å². The summed E-state index contributed by atoms with van der Waals surface area (Å²) in [7, 11) is 1.90. The Morgan fingerprint density at radius 1 is 1.17 bits per heavy atom. The van der Waals surface area contributed by atoms with E-state index in [0.717, 1.165) is 30.2 Å². The SMILES string of the molecule is CCNC(=NCc1nnc(C)n1C)N1CCN(c2cccc(C(F)(F)F)c2)CC1.I. The third-order valence-corrected chi connectivity index (χ3v) is 5.01. The van der Waals surface area contributed by atoms with Gasteiger partial charge in [-0.2, -0.15) is 13.2 Å². The normalized spacial score (nSPS) is 15.2. The summed E-state index contributed by atoms with van der Waals surface area (Å²) in [5.41, 5.74) is -0.0257. The van der Waals surface area contributed by atoms with Gasteiger partial charge in [-0.05, 0) is 32.0 Å². The average molecular weight is 537 g/mol. The second-order valence-electron chi connectivity index (χ2n) is 6.91. The first-order chi connectivity index (χ1) is 13.8. The molecule has 1 aliphatic rings. The van der Waals surface area contributed by atoms with Crippen LogP contribution in [0.1, 0.15) is 24.1 Å². The molecule has 0 aliphatic carbocycles. The molecule has 1 aromatic heterocycles. The van der Waals surface area contributed by atoms with E-state index in [1.54, 1.807) is 6.07 Å². The predicted octanol–water partition coefficient (Wildman–Crippen LogP) is 3.05. The minimum atomic E-state index is -4.33. The van der Waals surface area contributed by atoms with E-state index in [2.05, 4.69) is 25.4 Å². The highest BCUT2D eigenvalue weighted by atomic mass is 127. The molecule has 1 fully saturated rings. The van der Waals surface area contributed by atoms with Crippen molar-refractivity contribution in [2.45, 2.75) is 26.6 Å². The zero-order valence-corrected chi connectivity index (χ0v) is 19.6. The second-order valence-corrected chi connectivity index (χ2v) is 6.91. The van der Waals surface area contributed by atoms with Crippen LogP contribution in [-0.4, -0.2) is 58.3 Å². The molecule has 166 valence electrons. The van der Waals surface area contributed by atoms with Crippen molar-refractivity contribution in [2.24, 2.45) is 12.0 Å². The highest BCUT2D eigenvalue weighted by molar-refractivity contribution is 14.0. The van der Waals surface area contributed by atoms with E-state index in [-0.39, 0.29) is 24.0 Å². The molecule has 0 spiro atoms. The molecule has 11 heteroatoms. The number of nitrogens with one attached hydrogen (secondary N) is 1. The Balaban J connectivity index is 0.00000320. The Labute approximate surface area is 191 Å². The molecule has 3 rings (SSSR count). The zero-order chi connectivity index (χ0) is 21.0. The molecule has 0 saturated carbocycles. The summed E-state index contributed by atoms with van der Waals surface area (Å²) in [4.78, 5) is 8.76. The first-order valence-corrected chi connectivity index (χ1v) is 9.60. The van der Waals surface area contributed by atoms with Crippen LogP contribution >= 0.6 is 24.0 Å². The maximum absolute atomic E-state index is 13.0. The molecular weight excluding hydrogens is 510 g/mol. The number of anilines is 1. The van der Waals surface area contributed by atoms with Crippen molar-refractivity contribution >= 4 is 35.6 Å². The number of guanidine groups is 1. The van der Waals surface area contributed by atoms with Crippen LogP contribution in [0.4, 0.5) is 18.9 Å². The van der Waals surface area contributed by atoms with Crippen molar-refractivity contribution in [3.05, 3.63) is 41.5 Å². The van der Waals surface area contributed by atoms with Crippen molar-refractivity contribution in [3.63, 3.8) is 0 Å². The fourth-order valence-electron chi connectivity index (χ4n) is 3.22. The lowest BCUT2D eigenvalue weighted by molar-refractivity contribution is -0.137. The molecule has 0 unspecified atom stereocenters. The van der Waals surface area contributed by atoms with Crippen LogP contribution in [0.15, 0.2) is 29.3 Å². The largest absolute Gasteiger partial charge is 0.416 e. The highest BCUT2D eigenvalue weighted by Crippen LogP contribution is 2.31. The molecular formula is C19H27F3IN7. The van der Waals surface area contributed by atoms with Gasteiger partial charge in [0.15, 0.2) is 11.8 Å². The molecule has 1 N–H and O–H groups in total. The number of aliphatic imine (C=N–C) groups is 1. The van der Waals surface area contributed by atoms with Crippen LogP contribution in [-0.2, 0) is 19.8 Å². The fraction of sp³-hybridized carbons (Fsp3) is 0.526. The van der Waals surface area contributed by atoms with E-state index in [9.17, 15) is 13.2 Å². The van der Waals surface area contributed by atoms with Gasteiger partial charge >= 0.3 is 6.18 Å². The number of benzene rings is 1. The molecule has 30 heavy (non-hydrogen) atoms. The van der Waals surface area contributed by atoms with Crippen LogP contribution in [0.2, 0.25) is 0 Å². The van der Waals surface area contributed by atoms with Crippen LogP contribution in [0.25, 0.3) is 0 Å². The van der Waals surface area contributed by atoms with Gasteiger partial charge in [-0.1, -0.05) is 6.07 Å². The van der Waals surface area contributed by atoms with Crippen LogP contribution < -0.4 is 10.2 Å². The van der Waals surface area contributed by atoms with Gasteiger partial charge in [0.05, 0.1) is 5.56 Å². The van der Waals surface area contributed by atoms with Crippen molar-refractivity contribution in [1.82, 2.24) is 25.0 Å². The number of aryl methyl sites for hydroxylation is 1. The van der Waals surface area contributed by atoms with Gasteiger partial charge in [0.1, 0.15) is 12.4 Å². The molecule has 2 heterocycles. The molecule has 1 aromatic carbocycles. The van der Waals surface area contributed by atoms with Gasteiger partial charge in [-0.3, -0.25) is 0 Å². The summed E-state index contributed by atoms with van der Waals surface area (Å²) in [5, 5.41) is 11.5. The third-order valence-electron chi connectivity index (χ3n) is 5.01. The van der Waals surface area contributed by atoms with Gasteiger partial charge < -0.3 is 19.7 Å². The molecule has 0 amide bonds. The van der Waals surface area contributed by atoms with E-state index in [0.29, 0.717) is 38.4 Å². The van der Waals surface area contributed by atoms with E-state index in [1.165, 1.54) is 12.1 Å². The van der Waals surface area contributed by atoms with Gasteiger partial charge in [0, 0.05) is 45.5 Å². The number of alkyl halides is 3. The summed E-state index contributed by atoms with van der Waals surface area (Å²) in [6.45, 7) is 7.60. The number of rotatable bonds is 4. The third kappa shape index (κ3) is 5.76. The summed E-state index contributed by atoms with van der Waals surface area (Å²) in [6, 6.07) is 5.49. The monoisotopic (exact) mass is 537 g/mol. The molecule has 2 aromatic rings. The predicted molar refractivity (Wildman–Crippen MR) is 121 cm³/mol. The Kier molecular flexibility index (Phi) is 8.33. The number of halogens is 4. The Bertz CT molecular complexity index is 858. The number of hydrogen-bond acceptors (Lipinski definition) is 4. The number of piperazine rings is 1. The lowest BCUT2D eigenvalue weighted by Gasteiger charge is -2.37. The van der Waals surface area contributed by atoms with Crippen LogP contribution in [0.3, 0.4) is 0 Å². The van der Waals surface area contributed by atoms with Crippen molar-refractivity contribution in [2.75, 3.05) is 37.6 Å². The molecule has 0 radical (unpaired) electrons. The van der Waals surface area contributed by atoms with Gasteiger partial charge in [-0.15, -0.1) is 34.2 Å². The minimum absolute atomic E-state index is 0. The van der Waals surface area contributed by atoms with Crippen LogP contribution in [0, 0.1) is 6.92 Å². The lowest BCUT2D eigenvalue weighted by Crippen LogP contribution is -2.52. The van der Waals surface area contributed by atoms with Gasteiger partial charge in [-0.25, -0.2) is 4.99 Å². The molecule has 0 bridgehead atoms. The minimum Gasteiger partial charge on any atom is -0.368 e. The van der Waals surface area contributed by atoms with Crippen molar-refractivity contribution in [1.29, 1.82) is 0 Å². The summed E-state index contributed by atoms with van der Waals surface area (Å²) < 4.78 is 40.8. The van der Waals surface area contributed by atoms with Gasteiger partial charge in [0.2, 0.25) is 0 Å². The number of hydrogen-bond donors (Lipinski definition) is 1. The topological polar surface area (TPSA) is 61.6 Å². The first-order valence-electron chi connectivity index (χ1n) is 9.60. The fourth-order valence-corrected chi connectivity index (χ4v) is 3.22. The number of aromatic nitrogens is 3. The van der Waals surface area contributed by atoms with Crippen molar-refractivity contribution in [3.8, 4) is 0 Å². The average Bonchev–Trinajstić information content (AvgIpc) is 3.03. The lowest BCUT2D eigenvalue weighted by atomic mass is 10.1. The van der Waals surface area contributed by atoms with Crippen molar-refractivity contribution < 1.29 is 13.2 Å². The van der Waals surface area contributed by atoms with Gasteiger partial charge in [0.25, 0.3) is 0 Å². The molecule has 1 aliphatic heterocycles. The zero-order valence-electron chi connectivity index (χ0n) is 17.3. The Morgan fingerprint density at radius 2 is 1.87 bits per heavy atom. The van der Waals surface area contributed by atoms with E-state index in [4.69, 9.17) is 0 Å². The quantitative estimate of drug-likeness (QED) is 0.369. The van der Waals surface area contributed by atoms with E-state index < -0.39 is 11.7 Å². The summed E-state index contributed by atoms with van der Waals surface area (Å²) in [5.74, 6) is 2.38. The first kappa shape index (κ1) is 24.2. The summed E-state index contributed by atoms with van der Waals surface area (Å²) >= 11 is 0. The molecule has 1 saturated heterocycles. The smallest absolute Gasteiger partial charge is 0.368 e. The van der Waals surface area contributed by atoms with E-state index >= 15 is 0 Å². The number of nitrogens with zero attached hydrogens (tertiary/aromatic N) is 6. The molecule has 7 nitrogen and oxygen atoms in total. The maximum Gasteiger partial charge on any atom is 0.416 e. The standard InChI is InChI=1S/C19H26F3N7.HI/c1-4-23-18(24-13-17-26-25-14(2)27(17)3)29-10-8-28(9-11-29)16-7-5-6-15(12-16)19(20,21)22;/h5-7,12H,4,8-11,13H2,1-3H3,(H,23,24);1H. The summed E-state index contributed by atoms with van der Waals surface area (Å²) in [6.07, 6.45) is -4.33. The maximum atomic E-state index is 13.0.